The molecule has 1 heterocycles. The first-order chi connectivity index (χ1) is 9.17. The predicted molar refractivity (Wildman–Crippen MR) is 85.4 cm³/mol. The van der Waals surface area contributed by atoms with E-state index in [2.05, 4.69) is 39.3 Å². The summed E-state index contributed by atoms with van der Waals surface area (Å²) in [7, 11) is 2.25. The van der Waals surface area contributed by atoms with Crippen molar-refractivity contribution in [2.24, 2.45) is 23.5 Å². The Morgan fingerprint density at radius 3 is 2.84 bits per heavy atom. The molecule has 2 bridgehead atoms. The lowest BCUT2D eigenvalue weighted by Gasteiger charge is -2.32. The smallest absolute Gasteiger partial charge is 0.0562 e. The van der Waals surface area contributed by atoms with Gasteiger partial charge in [-0.05, 0) is 66.1 Å². The van der Waals surface area contributed by atoms with Gasteiger partial charge < -0.3 is 5.73 Å². The van der Waals surface area contributed by atoms with E-state index in [9.17, 15) is 0 Å². The Bertz CT molecular complexity index is 434. The van der Waals surface area contributed by atoms with Gasteiger partial charge >= 0.3 is 0 Å². The Labute approximate surface area is 128 Å². The van der Waals surface area contributed by atoms with Crippen LogP contribution < -0.4 is 5.73 Å². The molecule has 106 valence electrons. The average Bonchev–Trinajstić information content (AvgIpc) is 3.07. The molecule has 2 nitrogen and oxygen atoms in total. The molecule has 4 unspecified atom stereocenters. The van der Waals surface area contributed by atoms with Crippen molar-refractivity contribution in [3.8, 4) is 0 Å². The maximum atomic E-state index is 6.01. The van der Waals surface area contributed by atoms with Crippen LogP contribution in [0.15, 0.2) is 15.9 Å². The highest BCUT2D eigenvalue weighted by Crippen LogP contribution is 2.48. The number of fused-ring (bicyclic) bond motifs is 2. The van der Waals surface area contributed by atoms with Gasteiger partial charge in [-0.15, -0.1) is 11.3 Å². The van der Waals surface area contributed by atoms with Crippen LogP contribution in [0.5, 0.6) is 0 Å². The largest absolute Gasteiger partial charge is 0.329 e. The van der Waals surface area contributed by atoms with Crippen LogP contribution in [0.25, 0.3) is 0 Å². The van der Waals surface area contributed by atoms with Crippen molar-refractivity contribution in [2.75, 3.05) is 20.1 Å². The summed E-state index contributed by atoms with van der Waals surface area (Å²) in [6, 6.07) is 2.61. The van der Waals surface area contributed by atoms with Crippen LogP contribution >= 0.6 is 27.3 Å². The molecule has 2 aliphatic rings. The summed E-state index contributed by atoms with van der Waals surface area (Å²) in [5.41, 5.74) is 6.01. The van der Waals surface area contributed by atoms with E-state index in [-0.39, 0.29) is 0 Å². The van der Waals surface area contributed by atoms with Crippen molar-refractivity contribution in [3.63, 3.8) is 0 Å². The van der Waals surface area contributed by atoms with Gasteiger partial charge in [0.2, 0.25) is 0 Å². The summed E-state index contributed by atoms with van der Waals surface area (Å²) in [6.45, 7) is 1.93. The standard InChI is InChI=1S/C15H23BrN2S/c1-18(8-12-5-10-2-3-11(12)4-10)14(7-17)15-6-13(16)9-19-15/h6,9-12,14H,2-5,7-8,17H2,1H3. The van der Waals surface area contributed by atoms with Gasteiger partial charge in [-0.3, -0.25) is 4.90 Å². The van der Waals surface area contributed by atoms with E-state index < -0.39 is 0 Å². The van der Waals surface area contributed by atoms with Gasteiger partial charge in [-0.25, -0.2) is 0 Å². The highest BCUT2D eigenvalue weighted by atomic mass is 79.9. The fourth-order valence-electron chi connectivity index (χ4n) is 4.11. The van der Waals surface area contributed by atoms with E-state index in [0.29, 0.717) is 12.6 Å². The lowest BCUT2D eigenvalue weighted by atomic mass is 9.88. The van der Waals surface area contributed by atoms with Gasteiger partial charge in [0, 0.05) is 27.8 Å². The zero-order chi connectivity index (χ0) is 13.4. The van der Waals surface area contributed by atoms with Gasteiger partial charge in [0.15, 0.2) is 0 Å². The number of nitrogens with two attached hydrogens (primary N) is 1. The van der Waals surface area contributed by atoms with Crippen LogP contribution in [-0.2, 0) is 0 Å². The molecule has 2 N–H and O–H groups in total. The molecule has 0 amide bonds. The number of likely N-dealkylation sites (N-methyl/N-ethyl adjacent to an activating group) is 1. The first kappa shape index (κ1) is 14.1. The van der Waals surface area contributed by atoms with E-state index in [0.717, 1.165) is 17.8 Å². The summed E-state index contributed by atoms with van der Waals surface area (Å²) in [6.07, 6.45) is 5.92. The lowest BCUT2D eigenvalue weighted by Crippen LogP contribution is -2.35. The molecule has 1 aromatic heterocycles. The van der Waals surface area contributed by atoms with Crippen molar-refractivity contribution >= 4 is 27.3 Å². The minimum Gasteiger partial charge on any atom is -0.329 e. The fraction of sp³-hybridized carbons (Fsp3) is 0.733. The van der Waals surface area contributed by atoms with Gasteiger partial charge in [-0.2, -0.15) is 0 Å². The number of hydrogen-bond acceptors (Lipinski definition) is 3. The number of hydrogen-bond donors (Lipinski definition) is 1. The van der Waals surface area contributed by atoms with E-state index in [1.807, 2.05) is 11.3 Å². The summed E-state index contributed by atoms with van der Waals surface area (Å²) >= 11 is 5.36. The van der Waals surface area contributed by atoms with Crippen LogP contribution in [-0.4, -0.2) is 25.0 Å². The van der Waals surface area contributed by atoms with Crippen LogP contribution in [0.3, 0.4) is 0 Å². The van der Waals surface area contributed by atoms with Crippen molar-refractivity contribution < 1.29 is 0 Å². The molecule has 1 aromatic rings. The highest BCUT2D eigenvalue weighted by Gasteiger charge is 2.40. The van der Waals surface area contributed by atoms with Crippen molar-refractivity contribution in [3.05, 3.63) is 20.8 Å². The normalized spacial score (nSPS) is 31.3. The van der Waals surface area contributed by atoms with Crippen LogP contribution in [0.2, 0.25) is 0 Å². The van der Waals surface area contributed by atoms with Gasteiger partial charge in [0.05, 0.1) is 6.04 Å². The zero-order valence-corrected chi connectivity index (χ0v) is 13.9. The first-order valence-electron chi connectivity index (χ1n) is 7.31. The first-order valence-corrected chi connectivity index (χ1v) is 8.99. The molecule has 2 fully saturated rings. The second kappa shape index (κ2) is 5.84. The Morgan fingerprint density at radius 1 is 1.47 bits per heavy atom. The maximum Gasteiger partial charge on any atom is 0.0562 e. The monoisotopic (exact) mass is 342 g/mol. The van der Waals surface area contributed by atoms with Gasteiger partial charge in [0.25, 0.3) is 0 Å². The molecule has 3 rings (SSSR count). The summed E-state index contributed by atoms with van der Waals surface area (Å²) in [5, 5.41) is 2.16. The minimum absolute atomic E-state index is 0.385. The third-order valence-electron chi connectivity index (χ3n) is 5.08. The Hall–Kier alpha value is 0.1000. The van der Waals surface area contributed by atoms with E-state index in [1.54, 1.807) is 0 Å². The Kier molecular flexibility index (Phi) is 4.32. The Balaban J connectivity index is 1.63. The second-order valence-electron chi connectivity index (χ2n) is 6.29. The van der Waals surface area contributed by atoms with E-state index in [1.165, 1.54) is 41.6 Å². The molecule has 4 heteroatoms. The number of thiophene rings is 1. The van der Waals surface area contributed by atoms with Crippen LogP contribution in [0, 0.1) is 17.8 Å². The van der Waals surface area contributed by atoms with Gasteiger partial charge in [-0.1, -0.05) is 6.42 Å². The molecule has 2 saturated carbocycles. The average molecular weight is 343 g/mol. The van der Waals surface area contributed by atoms with Gasteiger partial charge in [0.1, 0.15) is 0 Å². The van der Waals surface area contributed by atoms with Crippen LogP contribution in [0.1, 0.15) is 36.6 Å². The summed E-state index contributed by atoms with van der Waals surface area (Å²) < 4.78 is 1.18. The molecule has 0 spiro atoms. The van der Waals surface area contributed by atoms with E-state index in [4.69, 9.17) is 5.73 Å². The summed E-state index contributed by atoms with van der Waals surface area (Å²) in [5.74, 6) is 2.96. The molecule has 0 aliphatic heterocycles. The molecular weight excluding hydrogens is 320 g/mol. The summed E-state index contributed by atoms with van der Waals surface area (Å²) in [4.78, 5) is 3.88. The zero-order valence-electron chi connectivity index (χ0n) is 11.5. The lowest BCUT2D eigenvalue weighted by molar-refractivity contribution is 0.178. The molecule has 0 saturated heterocycles. The minimum atomic E-state index is 0.385. The quantitative estimate of drug-likeness (QED) is 0.879. The Morgan fingerprint density at radius 2 is 2.32 bits per heavy atom. The molecule has 2 aliphatic carbocycles. The number of halogens is 1. The third-order valence-corrected chi connectivity index (χ3v) is 6.87. The van der Waals surface area contributed by atoms with E-state index >= 15 is 0 Å². The van der Waals surface area contributed by atoms with Crippen LogP contribution in [0.4, 0.5) is 0 Å². The van der Waals surface area contributed by atoms with Crippen molar-refractivity contribution in [2.45, 2.75) is 31.7 Å². The third kappa shape index (κ3) is 2.92. The highest BCUT2D eigenvalue weighted by molar-refractivity contribution is 9.10. The second-order valence-corrected chi connectivity index (χ2v) is 8.15. The van der Waals surface area contributed by atoms with Crippen molar-refractivity contribution in [1.29, 1.82) is 0 Å². The molecule has 19 heavy (non-hydrogen) atoms. The fourth-order valence-corrected chi connectivity index (χ4v) is 5.74. The SMILES string of the molecule is CN(CC1CC2CCC1C2)C(CN)c1cc(Br)cs1. The molecule has 0 aromatic carbocycles. The predicted octanol–water partition coefficient (Wildman–Crippen LogP) is 3.88. The molecule has 0 radical (unpaired) electrons. The topological polar surface area (TPSA) is 29.3 Å². The number of rotatable bonds is 5. The number of nitrogens with zero attached hydrogens (tertiary/aromatic N) is 1. The van der Waals surface area contributed by atoms with Crippen molar-refractivity contribution in [1.82, 2.24) is 4.90 Å². The molecule has 4 atom stereocenters. The molecular formula is C15H23BrN2S. The maximum absolute atomic E-state index is 6.01.